The van der Waals surface area contributed by atoms with E-state index in [9.17, 15) is 0 Å². The quantitative estimate of drug-likeness (QED) is 0.121. The van der Waals surface area contributed by atoms with Crippen LogP contribution < -0.4 is 9.13 Å². The van der Waals surface area contributed by atoms with Crippen molar-refractivity contribution in [2.45, 2.75) is 76.8 Å². The molecule has 0 radical (unpaired) electrons. The first-order chi connectivity index (χ1) is 35.6. The third-order valence-electron chi connectivity index (χ3n) is 16.6. The Hall–Kier alpha value is -8.12. The molecular formula is C70H58N2+2. The average molecular weight is 927 g/mol. The number of benzene rings is 8. The van der Waals surface area contributed by atoms with Crippen molar-refractivity contribution in [3.8, 4) is 67.0 Å². The number of fused-ring (bicyclic) bond motifs is 10. The number of hydrogen-bond acceptors (Lipinski definition) is 0. The molecule has 2 heteroatoms. The maximum Gasteiger partial charge on any atom is 0.235 e. The summed E-state index contributed by atoms with van der Waals surface area (Å²) in [5.41, 5.74) is 18.5. The molecule has 2 aliphatic heterocycles. The van der Waals surface area contributed by atoms with Crippen LogP contribution in [0.3, 0.4) is 0 Å². The Morgan fingerprint density at radius 3 is 1.88 bits per heavy atom. The highest BCUT2D eigenvalue weighted by molar-refractivity contribution is 6.02. The Bertz CT molecular complexity index is 3790. The Morgan fingerprint density at radius 2 is 1.12 bits per heavy atom. The maximum atomic E-state index is 3.85. The number of hydrogen-bond donors (Lipinski definition) is 0. The molecule has 0 fully saturated rings. The molecule has 2 aromatic heterocycles. The lowest BCUT2D eigenvalue weighted by atomic mass is 9.64. The van der Waals surface area contributed by atoms with Gasteiger partial charge in [0.1, 0.15) is 0 Å². The molecular weight excluding hydrogens is 869 g/mol. The lowest BCUT2D eigenvalue weighted by Crippen LogP contribution is -2.71. The molecule has 13 rings (SSSR count). The zero-order valence-electron chi connectivity index (χ0n) is 41.5. The molecule has 2 aliphatic rings. The van der Waals surface area contributed by atoms with Gasteiger partial charge in [0.2, 0.25) is 23.0 Å². The van der Waals surface area contributed by atoms with Crippen LogP contribution in [0, 0.1) is 12.1 Å². The standard InChI is InChI=1S/C70H58N2/c1-4-7-20-47-25-19-34-63-61(47)38-40-72-69(63)64-31-13-12-30-62(64)66(5-2)70(72,6-3)68-46-53-37-36-52(45-65(53)67-35-14-15-39-71(67)68)50-26-16-27-51(41-50)54-42-55(59-32-17-23-48-21-8-10-28-57(48)59)44-56(43-54)60-33-18-24-49-22-9-11-29-58(49)60/h8-19,21-35,38-45,66,68H,4-7,20,46H2,1-3H3/q+2. The largest absolute Gasteiger partial charge is 0.235 e. The zero-order valence-corrected chi connectivity index (χ0v) is 41.5. The molecule has 0 saturated carbocycles. The Kier molecular flexibility index (Phi) is 10.9. The topological polar surface area (TPSA) is 7.76 Å². The molecule has 0 amide bonds. The molecule has 3 atom stereocenters. The molecule has 11 aromatic rings. The molecule has 0 spiro atoms. The fourth-order valence-corrected chi connectivity index (χ4v) is 13.3. The summed E-state index contributed by atoms with van der Waals surface area (Å²) in [6, 6.07) is 82.7. The third-order valence-corrected chi connectivity index (χ3v) is 16.6. The van der Waals surface area contributed by atoms with Crippen LogP contribution in [0.5, 0.6) is 0 Å². The molecule has 4 heterocycles. The first kappa shape index (κ1) is 43.9. The van der Waals surface area contributed by atoms with Crippen LogP contribution in [-0.4, -0.2) is 0 Å². The van der Waals surface area contributed by atoms with Gasteiger partial charge in [-0.2, -0.15) is 9.13 Å². The van der Waals surface area contributed by atoms with Crippen molar-refractivity contribution >= 4 is 32.3 Å². The van der Waals surface area contributed by atoms with Gasteiger partial charge in [-0.05, 0) is 145 Å². The van der Waals surface area contributed by atoms with Gasteiger partial charge in [-0.3, -0.25) is 0 Å². The number of aromatic nitrogens is 2. The van der Waals surface area contributed by atoms with Gasteiger partial charge >= 0.3 is 0 Å². The van der Waals surface area contributed by atoms with Crippen molar-refractivity contribution < 1.29 is 9.13 Å². The second kappa shape index (κ2) is 17.9. The van der Waals surface area contributed by atoms with Gasteiger partial charge in [-0.15, -0.1) is 0 Å². The second-order valence-corrected chi connectivity index (χ2v) is 20.3. The van der Waals surface area contributed by atoms with Crippen LogP contribution in [0.1, 0.15) is 75.1 Å². The predicted octanol–water partition coefficient (Wildman–Crippen LogP) is 17.1. The summed E-state index contributed by atoms with van der Waals surface area (Å²) in [5.74, 6) is 0.301. The van der Waals surface area contributed by atoms with Gasteiger partial charge in [0.05, 0.1) is 28.9 Å². The van der Waals surface area contributed by atoms with Gasteiger partial charge in [0.15, 0.2) is 12.4 Å². The second-order valence-electron chi connectivity index (χ2n) is 20.3. The van der Waals surface area contributed by atoms with E-state index < -0.39 is 0 Å². The normalized spacial score (nSPS) is 16.7. The van der Waals surface area contributed by atoms with E-state index in [2.05, 4.69) is 255 Å². The first-order valence-corrected chi connectivity index (χ1v) is 26.3. The van der Waals surface area contributed by atoms with Gasteiger partial charge in [-0.1, -0.05) is 173 Å². The van der Waals surface area contributed by atoms with Crippen molar-refractivity contribution in [1.82, 2.24) is 0 Å². The summed E-state index contributed by atoms with van der Waals surface area (Å²) in [6.45, 7) is 7.13. The van der Waals surface area contributed by atoms with E-state index in [1.54, 1.807) is 0 Å². The smallest absolute Gasteiger partial charge is 0.188 e. The minimum Gasteiger partial charge on any atom is -0.188 e. The number of unbranched alkanes of at least 4 members (excludes halogenated alkanes) is 1. The minimum absolute atomic E-state index is 0.137. The number of pyridine rings is 2. The minimum atomic E-state index is -0.253. The number of aryl methyl sites for hydroxylation is 1. The van der Waals surface area contributed by atoms with Crippen molar-refractivity contribution in [3.63, 3.8) is 0 Å². The van der Waals surface area contributed by atoms with Crippen molar-refractivity contribution in [1.29, 1.82) is 0 Å². The molecule has 0 aliphatic carbocycles. The average Bonchev–Trinajstić information content (AvgIpc) is 3.45. The number of nitrogens with zero attached hydrogens (tertiary/aromatic N) is 2. The van der Waals surface area contributed by atoms with E-state index in [0.29, 0.717) is 5.92 Å². The molecule has 3 unspecified atom stereocenters. The predicted molar refractivity (Wildman–Crippen MR) is 299 cm³/mol. The SMILES string of the molecule is CCCCc1cccc2c3[n+](ccc12)C(CC)(C1Cc2c#cc(-c4cccc(-c5cc(-c6cccc7ccccc67)cc(-c6cccc7ccccc67)c5)c4)cc2-c2cccc[n+]21)C(CC)c1ccccc1-3. The molecule has 0 saturated heterocycles. The summed E-state index contributed by atoms with van der Waals surface area (Å²) in [7, 11) is 0. The van der Waals surface area contributed by atoms with Crippen LogP contribution in [-0.2, 0) is 18.4 Å². The Morgan fingerprint density at radius 1 is 0.500 bits per heavy atom. The fraction of sp³-hybridized carbons (Fsp3) is 0.171. The highest BCUT2D eigenvalue weighted by Crippen LogP contribution is 2.52. The van der Waals surface area contributed by atoms with Crippen molar-refractivity contribution in [2.24, 2.45) is 0 Å². The van der Waals surface area contributed by atoms with Gasteiger partial charge in [0, 0.05) is 35.7 Å². The van der Waals surface area contributed by atoms with Crippen LogP contribution in [0.2, 0.25) is 0 Å². The molecule has 0 N–H and O–H groups in total. The van der Waals surface area contributed by atoms with Crippen LogP contribution >= 0.6 is 0 Å². The van der Waals surface area contributed by atoms with Crippen molar-refractivity contribution in [2.75, 3.05) is 0 Å². The summed E-state index contributed by atoms with van der Waals surface area (Å²) < 4.78 is 5.36. The summed E-state index contributed by atoms with van der Waals surface area (Å²) in [5, 5.41) is 7.74. The first-order valence-electron chi connectivity index (χ1n) is 26.3. The molecule has 2 nitrogen and oxygen atoms in total. The van der Waals surface area contributed by atoms with Crippen LogP contribution in [0.15, 0.2) is 213 Å². The molecule has 72 heavy (non-hydrogen) atoms. The highest BCUT2D eigenvalue weighted by Gasteiger charge is 2.62. The van der Waals surface area contributed by atoms with Gasteiger partial charge < -0.3 is 0 Å². The summed E-state index contributed by atoms with van der Waals surface area (Å²) in [6.07, 6.45) is 11.2. The van der Waals surface area contributed by atoms with E-state index in [4.69, 9.17) is 0 Å². The van der Waals surface area contributed by atoms with Crippen molar-refractivity contribution in [3.05, 3.63) is 241 Å². The van der Waals surface area contributed by atoms with Crippen LogP contribution in [0.25, 0.3) is 99.3 Å². The van der Waals surface area contributed by atoms with E-state index >= 15 is 0 Å². The Labute approximate surface area is 424 Å². The maximum absolute atomic E-state index is 3.85. The van der Waals surface area contributed by atoms with E-state index in [-0.39, 0.29) is 11.6 Å². The van der Waals surface area contributed by atoms with Gasteiger partial charge in [-0.25, -0.2) is 0 Å². The molecule has 0 bridgehead atoms. The molecule has 9 aromatic carbocycles. The van der Waals surface area contributed by atoms with E-state index in [0.717, 1.165) is 36.8 Å². The van der Waals surface area contributed by atoms with Crippen LogP contribution in [0.4, 0.5) is 0 Å². The third kappa shape index (κ3) is 7.01. The number of rotatable bonds is 10. The lowest BCUT2D eigenvalue weighted by molar-refractivity contribution is -0.845. The lowest BCUT2D eigenvalue weighted by Gasteiger charge is -2.43. The Balaban J connectivity index is 0.929. The zero-order chi connectivity index (χ0) is 48.3. The summed E-state index contributed by atoms with van der Waals surface area (Å²) >= 11 is 0. The summed E-state index contributed by atoms with van der Waals surface area (Å²) in [4.78, 5) is 0. The highest BCUT2D eigenvalue weighted by atomic mass is 15.2. The fourth-order valence-electron chi connectivity index (χ4n) is 13.3. The van der Waals surface area contributed by atoms with E-state index in [1.165, 1.54) is 118 Å². The van der Waals surface area contributed by atoms with E-state index in [1.807, 2.05) is 0 Å². The van der Waals surface area contributed by atoms with Gasteiger partial charge in [0.25, 0.3) is 0 Å². The monoisotopic (exact) mass is 926 g/mol. The molecule has 346 valence electrons.